The Labute approximate surface area is 121 Å². The normalized spacial score (nSPS) is 17.2. The number of amides is 1. The van der Waals surface area contributed by atoms with Crippen LogP contribution in [0.1, 0.15) is 31.4 Å². The molecule has 0 bridgehead atoms. The van der Waals surface area contributed by atoms with Crippen LogP contribution in [0.2, 0.25) is 0 Å². The molecule has 4 nitrogen and oxygen atoms in total. The zero-order valence-corrected chi connectivity index (χ0v) is 12.1. The number of carbonyl (C=O) groups is 1. The fraction of sp³-hybridized carbons (Fsp3) is 0.714. The van der Waals surface area contributed by atoms with Crippen molar-refractivity contribution in [3.63, 3.8) is 0 Å². The monoisotopic (exact) mass is 303 g/mol. The van der Waals surface area contributed by atoms with Gasteiger partial charge in [0.25, 0.3) is 0 Å². The summed E-state index contributed by atoms with van der Waals surface area (Å²) in [5, 5.41) is 0. The highest BCUT2D eigenvalue weighted by atomic mass is 19.4. The lowest BCUT2D eigenvalue weighted by atomic mass is 9.93. The van der Waals surface area contributed by atoms with Gasteiger partial charge in [0.2, 0.25) is 5.91 Å². The van der Waals surface area contributed by atoms with E-state index in [1.165, 1.54) is 0 Å². The SMILES string of the molecule is Cn1cncc1CCC(=O)N1CCC(CC(F)(F)F)CC1. The Hall–Kier alpha value is -1.53. The summed E-state index contributed by atoms with van der Waals surface area (Å²) in [5.74, 6) is -0.326. The number of hydrogen-bond acceptors (Lipinski definition) is 2. The Balaban J connectivity index is 1.74. The molecule has 1 aromatic rings. The summed E-state index contributed by atoms with van der Waals surface area (Å²) in [4.78, 5) is 17.7. The number of alkyl halides is 3. The lowest BCUT2D eigenvalue weighted by Crippen LogP contribution is -2.39. The van der Waals surface area contributed by atoms with E-state index in [0.717, 1.165) is 5.69 Å². The third-order valence-corrected chi connectivity index (χ3v) is 4.00. The van der Waals surface area contributed by atoms with Crippen LogP contribution < -0.4 is 0 Å². The van der Waals surface area contributed by atoms with E-state index in [1.54, 1.807) is 17.4 Å². The van der Waals surface area contributed by atoms with Crippen LogP contribution in [0.4, 0.5) is 13.2 Å². The van der Waals surface area contributed by atoms with E-state index in [1.807, 2.05) is 11.6 Å². The van der Waals surface area contributed by atoms with E-state index in [4.69, 9.17) is 0 Å². The minimum atomic E-state index is -4.10. The molecule has 1 aliphatic rings. The Morgan fingerprint density at radius 1 is 1.38 bits per heavy atom. The van der Waals surface area contributed by atoms with Gasteiger partial charge in [-0.05, 0) is 25.2 Å². The van der Waals surface area contributed by atoms with Crippen molar-refractivity contribution < 1.29 is 18.0 Å². The first-order chi connectivity index (χ1) is 9.85. The first-order valence-electron chi connectivity index (χ1n) is 7.15. The molecule has 0 radical (unpaired) electrons. The molecule has 0 saturated carbocycles. The summed E-state index contributed by atoms with van der Waals surface area (Å²) in [5.41, 5.74) is 0.982. The summed E-state index contributed by atoms with van der Waals surface area (Å²) >= 11 is 0. The van der Waals surface area contributed by atoms with E-state index in [2.05, 4.69) is 4.98 Å². The highest BCUT2D eigenvalue weighted by Gasteiger charge is 2.34. The maximum Gasteiger partial charge on any atom is 0.389 e. The molecule has 0 atom stereocenters. The van der Waals surface area contributed by atoms with Gasteiger partial charge in [-0.25, -0.2) is 4.98 Å². The molecule has 0 spiro atoms. The first-order valence-corrected chi connectivity index (χ1v) is 7.15. The third-order valence-electron chi connectivity index (χ3n) is 4.00. The molecule has 1 amide bonds. The molecule has 1 fully saturated rings. The second-order valence-electron chi connectivity index (χ2n) is 5.64. The predicted molar refractivity (Wildman–Crippen MR) is 71.5 cm³/mol. The highest BCUT2D eigenvalue weighted by molar-refractivity contribution is 5.76. The van der Waals surface area contributed by atoms with Crippen molar-refractivity contribution >= 4 is 5.91 Å². The Morgan fingerprint density at radius 2 is 2.05 bits per heavy atom. The molecule has 0 aromatic carbocycles. The van der Waals surface area contributed by atoms with Crippen LogP contribution in [0.25, 0.3) is 0 Å². The van der Waals surface area contributed by atoms with Gasteiger partial charge in [-0.3, -0.25) is 4.79 Å². The van der Waals surface area contributed by atoms with E-state index >= 15 is 0 Å². The number of aromatic nitrogens is 2. The lowest BCUT2D eigenvalue weighted by molar-refractivity contribution is -0.149. The van der Waals surface area contributed by atoms with Gasteiger partial charge in [0.1, 0.15) is 0 Å². The minimum Gasteiger partial charge on any atom is -0.343 e. The van der Waals surface area contributed by atoms with Gasteiger partial charge in [0, 0.05) is 44.9 Å². The molecular formula is C14H20F3N3O. The number of likely N-dealkylation sites (tertiary alicyclic amines) is 1. The fourth-order valence-corrected chi connectivity index (χ4v) is 2.73. The van der Waals surface area contributed by atoms with Crippen LogP contribution in [-0.2, 0) is 18.3 Å². The Kier molecular flexibility index (Phi) is 4.90. The highest BCUT2D eigenvalue weighted by Crippen LogP contribution is 2.31. The molecule has 1 aromatic heterocycles. The quantitative estimate of drug-likeness (QED) is 0.857. The average Bonchev–Trinajstić information content (AvgIpc) is 2.80. The summed E-state index contributed by atoms with van der Waals surface area (Å²) in [6.07, 6.45) is 0.445. The van der Waals surface area contributed by atoms with Gasteiger partial charge < -0.3 is 9.47 Å². The first kappa shape index (κ1) is 15.9. The van der Waals surface area contributed by atoms with Crippen LogP contribution in [-0.4, -0.2) is 39.6 Å². The summed E-state index contributed by atoms with van der Waals surface area (Å²) in [6.45, 7) is 0.871. The van der Waals surface area contributed by atoms with Crippen molar-refractivity contribution in [1.82, 2.24) is 14.5 Å². The summed E-state index contributed by atoms with van der Waals surface area (Å²) in [7, 11) is 1.87. The molecule has 21 heavy (non-hydrogen) atoms. The van der Waals surface area contributed by atoms with Crippen LogP contribution in [0.3, 0.4) is 0 Å². The molecule has 0 aliphatic carbocycles. The van der Waals surface area contributed by atoms with Crippen molar-refractivity contribution in [3.05, 3.63) is 18.2 Å². The van der Waals surface area contributed by atoms with Crippen LogP contribution in [0.15, 0.2) is 12.5 Å². The van der Waals surface area contributed by atoms with Crippen molar-refractivity contribution in [2.45, 2.75) is 38.3 Å². The zero-order valence-electron chi connectivity index (χ0n) is 12.1. The van der Waals surface area contributed by atoms with Crippen molar-refractivity contribution in [3.8, 4) is 0 Å². The lowest BCUT2D eigenvalue weighted by Gasteiger charge is -2.32. The van der Waals surface area contributed by atoms with Crippen molar-refractivity contribution in [1.29, 1.82) is 0 Å². The zero-order chi connectivity index (χ0) is 15.5. The van der Waals surface area contributed by atoms with Crippen molar-refractivity contribution in [2.75, 3.05) is 13.1 Å². The van der Waals surface area contributed by atoms with Gasteiger partial charge in [-0.1, -0.05) is 0 Å². The van der Waals surface area contributed by atoms with E-state index in [-0.39, 0.29) is 11.8 Å². The third kappa shape index (κ3) is 4.75. The van der Waals surface area contributed by atoms with Gasteiger partial charge in [-0.2, -0.15) is 13.2 Å². The Morgan fingerprint density at radius 3 is 2.57 bits per heavy atom. The van der Waals surface area contributed by atoms with Gasteiger partial charge in [0.15, 0.2) is 0 Å². The molecule has 1 aliphatic heterocycles. The number of nitrogens with zero attached hydrogens (tertiary/aromatic N) is 3. The molecule has 118 valence electrons. The maximum atomic E-state index is 12.3. The summed E-state index contributed by atoms with van der Waals surface area (Å²) in [6, 6.07) is 0. The average molecular weight is 303 g/mol. The Bertz CT molecular complexity index is 476. The van der Waals surface area contributed by atoms with Crippen LogP contribution in [0, 0.1) is 5.92 Å². The number of piperidine rings is 1. The molecular weight excluding hydrogens is 283 g/mol. The van der Waals surface area contributed by atoms with Crippen LogP contribution >= 0.6 is 0 Å². The number of hydrogen-bond donors (Lipinski definition) is 0. The minimum absolute atomic E-state index is 0.0154. The smallest absolute Gasteiger partial charge is 0.343 e. The van der Waals surface area contributed by atoms with Crippen LogP contribution in [0.5, 0.6) is 0 Å². The maximum absolute atomic E-state index is 12.3. The largest absolute Gasteiger partial charge is 0.389 e. The second-order valence-corrected chi connectivity index (χ2v) is 5.64. The molecule has 0 unspecified atom stereocenters. The predicted octanol–water partition coefficient (Wildman–Crippen LogP) is 2.54. The van der Waals surface area contributed by atoms with Gasteiger partial charge in [-0.15, -0.1) is 0 Å². The van der Waals surface area contributed by atoms with Gasteiger partial charge in [0.05, 0.1) is 6.33 Å². The van der Waals surface area contributed by atoms with Crippen molar-refractivity contribution in [2.24, 2.45) is 13.0 Å². The van der Waals surface area contributed by atoms with Gasteiger partial charge >= 0.3 is 6.18 Å². The molecule has 7 heteroatoms. The fourth-order valence-electron chi connectivity index (χ4n) is 2.73. The number of halogens is 3. The topological polar surface area (TPSA) is 38.1 Å². The standard InChI is InChI=1S/C14H20F3N3O/c1-19-10-18-9-12(19)2-3-13(21)20-6-4-11(5-7-20)8-14(15,16)17/h9-11H,2-8H2,1H3. The number of carbonyl (C=O) groups excluding carboxylic acids is 1. The summed E-state index contributed by atoms with van der Waals surface area (Å²) < 4.78 is 38.8. The molecule has 2 rings (SSSR count). The van der Waals surface area contributed by atoms with E-state index in [0.29, 0.717) is 38.8 Å². The second kappa shape index (κ2) is 6.49. The number of aryl methyl sites for hydroxylation is 2. The number of imidazole rings is 1. The molecule has 0 N–H and O–H groups in total. The molecule has 2 heterocycles. The molecule has 1 saturated heterocycles. The van der Waals surface area contributed by atoms with E-state index in [9.17, 15) is 18.0 Å². The van der Waals surface area contributed by atoms with E-state index < -0.39 is 12.6 Å². The number of rotatable bonds is 4.